The number of nitrogens with two attached hydrogens (primary N) is 1. The van der Waals surface area contributed by atoms with Crippen molar-refractivity contribution in [2.24, 2.45) is 16.3 Å². The second-order valence-electron chi connectivity index (χ2n) is 7.82. The van der Waals surface area contributed by atoms with Crippen molar-refractivity contribution in [1.29, 1.82) is 0 Å². The SMILES string of the molecule is Cc1ccc(NC(=O)c2oc3c(c2C)/C(=N\NC(N)=S)CC(C)(C)C3)cc1Cl. The van der Waals surface area contributed by atoms with E-state index >= 15 is 0 Å². The molecule has 0 spiro atoms. The Bertz CT molecular complexity index is 994. The van der Waals surface area contributed by atoms with Gasteiger partial charge in [0.15, 0.2) is 10.9 Å². The van der Waals surface area contributed by atoms with E-state index in [4.69, 9.17) is 34.0 Å². The monoisotopic (exact) mass is 418 g/mol. The van der Waals surface area contributed by atoms with Crippen LogP contribution in [0.4, 0.5) is 5.69 Å². The third kappa shape index (κ3) is 4.20. The zero-order chi connectivity index (χ0) is 20.6. The van der Waals surface area contributed by atoms with Crippen molar-refractivity contribution in [3.8, 4) is 0 Å². The Labute approximate surface area is 174 Å². The zero-order valence-electron chi connectivity index (χ0n) is 16.3. The molecule has 2 aromatic rings. The number of nitrogens with zero attached hydrogens (tertiary/aromatic N) is 1. The lowest BCUT2D eigenvalue weighted by Crippen LogP contribution is -2.31. The van der Waals surface area contributed by atoms with Gasteiger partial charge >= 0.3 is 0 Å². The van der Waals surface area contributed by atoms with Gasteiger partial charge in [-0.1, -0.05) is 31.5 Å². The summed E-state index contributed by atoms with van der Waals surface area (Å²) >= 11 is 11.0. The van der Waals surface area contributed by atoms with E-state index in [1.165, 1.54) is 0 Å². The zero-order valence-corrected chi connectivity index (χ0v) is 17.8. The summed E-state index contributed by atoms with van der Waals surface area (Å²) in [7, 11) is 0. The number of hydrogen-bond donors (Lipinski definition) is 3. The first-order valence-corrected chi connectivity index (χ1v) is 9.68. The van der Waals surface area contributed by atoms with E-state index in [2.05, 4.69) is 29.7 Å². The summed E-state index contributed by atoms with van der Waals surface area (Å²) in [6.07, 6.45) is 1.42. The number of halogens is 1. The van der Waals surface area contributed by atoms with Crippen molar-refractivity contribution >= 4 is 46.2 Å². The molecule has 0 saturated carbocycles. The molecule has 148 valence electrons. The number of amides is 1. The van der Waals surface area contributed by atoms with Crippen molar-refractivity contribution in [2.45, 2.75) is 40.5 Å². The summed E-state index contributed by atoms with van der Waals surface area (Å²) < 4.78 is 5.98. The highest BCUT2D eigenvalue weighted by molar-refractivity contribution is 7.80. The van der Waals surface area contributed by atoms with Crippen LogP contribution in [0.3, 0.4) is 0 Å². The molecule has 28 heavy (non-hydrogen) atoms. The number of thiocarbonyl (C=S) groups is 1. The predicted molar refractivity (Wildman–Crippen MR) is 116 cm³/mol. The number of rotatable bonds is 3. The largest absolute Gasteiger partial charge is 0.455 e. The van der Waals surface area contributed by atoms with Crippen molar-refractivity contribution < 1.29 is 9.21 Å². The number of furan rings is 1. The van der Waals surface area contributed by atoms with E-state index in [1.807, 2.05) is 19.9 Å². The van der Waals surface area contributed by atoms with Gasteiger partial charge in [0.1, 0.15) is 5.76 Å². The van der Waals surface area contributed by atoms with Crippen LogP contribution in [0, 0.1) is 19.3 Å². The first-order chi connectivity index (χ1) is 13.1. The average Bonchev–Trinajstić information content (AvgIpc) is 2.91. The van der Waals surface area contributed by atoms with Crippen LogP contribution >= 0.6 is 23.8 Å². The van der Waals surface area contributed by atoms with E-state index in [0.29, 0.717) is 23.6 Å². The number of hydrazone groups is 1. The number of carbonyl (C=O) groups excluding carboxylic acids is 1. The maximum atomic E-state index is 12.8. The van der Waals surface area contributed by atoms with Crippen LogP contribution in [0.1, 0.15) is 53.3 Å². The fourth-order valence-corrected chi connectivity index (χ4v) is 3.63. The lowest BCUT2D eigenvalue weighted by atomic mass is 9.75. The first-order valence-electron chi connectivity index (χ1n) is 8.89. The van der Waals surface area contributed by atoms with E-state index in [-0.39, 0.29) is 22.2 Å². The predicted octanol–water partition coefficient (Wildman–Crippen LogP) is 4.31. The van der Waals surface area contributed by atoms with Gasteiger partial charge in [0.05, 0.1) is 5.71 Å². The van der Waals surface area contributed by atoms with Gasteiger partial charge < -0.3 is 15.5 Å². The first kappa shape index (κ1) is 20.4. The highest BCUT2D eigenvalue weighted by atomic mass is 35.5. The van der Waals surface area contributed by atoms with Gasteiger partial charge in [-0.3, -0.25) is 10.2 Å². The number of fused-ring (bicyclic) bond motifs is 1. The van der Waals surface area contributed by atoms with E-state index in [1.54, 1.807) is 12.1 Å². The molecule has 4 N–H and O–H groups in total. The molecule has 1 amide bonds. The molecule has 3 rings (SSSR count). The molecule has 1 aliphatic rings. The second-order valence-corrected chi connectivity index (χ2v) is 8.67. The van der Waals surface area contributed by atoms with Crippen molar-refractivity contribution in [1.82, 2.24) is 5.43 Å². The van der Waals surface area contributed by atoms with Crippen molar-refractivity contribution in [2.75, 3.05) is 5.32 Å². The Balaban J connectivity index is 1.96. The third-order valence-electron chi connectivity index (χ3n) is 4.73. The number of hydrogen-bond acceptors (Lipinski definition) is 4. The molecule has 1 aromatic heterocycles. The molecule has 1 heterocycles. The molecule has 0 radical (unpaired) electrons. The molecule has 1 aromatic carbocycles. The van der Waals surface area contributed by atoms with Crippen LogP contribution in [-0.4, -0.2) is 16.7 Å². The summed E-state index contributed by atoms with van der Waals surface area (Å²) in [4.78, 5) is 12.8. The molecule has 0 saturated heterocycles. The Morgan fingerprint density at radius 3 is 2.68 bits per heavy atom. The lowest BCUT2D eigenvalue weighted by molar-refractivity contribution is 0.0993. The lowest BCUT2D eigenvalue weighted by Gasteiger charge is -2.29. The molecule has 0 fully saturated rings. The minimum absolute atomic E-state index is 0.0632. The molecule has 0 aliphatic heterocycles. The van der Waals surface area contributed by atoms with Crippen LogP contribution in [0.15, 0.2) is 27.7 Å². The van der Waals surface area contributed by atoms with Gasteiger partial charge in [0.2, 0.25) is 0 Å². The maximum absolute atomic E-state index is 12.8. The number of benzene rings is 1. The number of carbonyl (C=O) groups is 1. The molecular weight excluding hydrogens is 396 g/mol. The van der Waals surface area contributed by atoms with E-state index in [9.17, 15) is 4.79 Å². The van der Waals surface area contributed by atoms with Crippen molar-refractivity contribution in [3.63, 3.8) is 0 Å². The van der Waals surface area contributed by atoms with Crippen LogP contribution in [0.2, 0.25) is 5.02 Å². The molecule has 0 unspecified atom stereocenters. The summed E-state index contributed by atoms with van der Waals surface area (Å²) in [6.45, 7) is 8.01. The highest BCUT2D eigenvalue weighted by Gasteiger charge is 2.36. The fourth-order valence-electron chi connectivity index (χ4n) is 3.41. The molecule has 0 atom stereocenters. The van der Waals surface area contributed by atoms with Gasteiger partial charge in [-0.15, -0.1) is 0 Å². The van der Waals surface area contributed by atoms with E-state index in [0.717, 1.165) is 28.2 Å². The summed E-state index contributed by atoms with van der Waals surface area (Å²) in [5, 5.41) is 7.88. The molecule has 6 nitrogen and oxygen atoms in total. The topological polar surface area (TPSA) is 92.6 Å². The van der Waals surface area contributed by atoms with Crippen LogP contribution < -0.4 is 16.5 Å². The minimum atomic E-state index is -0.328. The molecule has 0 bridgehead atoms. The summed E-state index contributed by atoms with van der Waals surface area (Å²) in [5.41, 5.74) is 12.0. The Morgan fingerprint density at radius 2 is 2.04 bits per heavy atom. The standard InChI is InChI=1S/C20H23ClN4O2S/c1-10-5-6-12(7-13(10)21)23-18(26)17-11(2)16-14(24-25-19(22)28)8-20(3,4)9-15(16)27-17/h5-7H,8-9H2,1-4H3,(H,23,26)(H3,22,25,28)/b24-14-. The van der Waals surface area contributed by atoms with Crippen LogP contribution in [0.5, 0.6) is 0 Å². The van der Waals surface area contributed by atoms with Gasteiger partial charge in [-0.2, -0.15) is 5.10 Å². The Kier molecular flexibility index (Phi) is 5.50. The van der Waals surface area contributed by atoms with Gasteiger partial charge in [0.25, 0.3) is 5.91 Å². The van der Waals surface area contributed by atoms with E-state index < -0.39 is 0 Å². The molecular formula is C20H23ClN4O2S. The molecule has 8 heteroatoms. The number of nitrogens with one attached hydrogen (secondary N) is 2. The second kappa shape index (κ2) is 7.56. The quantitative estimate of drug-likeness (QED) is 0.510. The van der Waals surface area contributed by atoms with Crippen molar-refractivity contribution in [3.05, 3.63) is 51.4 Å². The van der Waals surface area contributed by atoms with Gasteiger partial charge in [-0.25, -0.2) is 0 Å². The summed E-state index contributed by atoms with van der Waals surface area (Å²) in [6, 6.07) is 5.38. The Morgan fingerprint density at radius 1 is 1.32 bits per heavy atom. The summed E-state index contributed by atoms with van der Waals surface area (Å²) in [5.74, 6) is 0.679. The van der Waals surface area contributed by atoms with Gasteiger partial charge in [0, 0.05) is 28.3 Å². The highest BCUT2D eigenvalue weighted by Crippen LogP contribution is 2.39. The fraction of sp³-hybridized carbons (Fsp3) is 0.350. The average molecular weight is 419 g/mol. The maximum Gasteiger partial charge on any atom is 0.291 e. The number of aryl methyl sites for hydroxylation is 1. The normalized spacial score (nSPS) is 16.5. The van der Waals surface area contributed by atoms with Crippen LogP contribution in [-0.2, 0) is 6.42 Å². The minimum Gasteiger partial charge on any atom is -0.455 e. The Hall–Kier alpha value is -2.38. The third-order valence-corrected chi connectivity index (χ3v) is 5.23. The van der Waals surface area contributed by atoms with Gasteiger partial charge in [-0.05, 0) is 55.6 Å². The van der Waals surface area contributed by atoms with Crippen LogP contribution in [0.25, 0.3) is 0 Å². The number of anilines is 1. The smallest absolute Gasteiger partial charge is 0.291 e. The molecule has 1 aliphatic carbocycles.